The van der Waals surface area contributed by atoms with Crippen LogP contribution in [0.4, 0.5) is 17.1 Å². The summed E-state index contributed by atoms with van der Waals surface area (Å²) in [6.07, 6.45) is 2.22. The fourth-order valence-corrected chi connectivity index (χ4v) is 9.28. The van der Waals surface area contributed by atoms with E-state index in [-0.39, 0.29) is 0 Å². The van der Waals surface area contributed by atoms with Crippen LogP contribution < -0.4 is 4.90 Å². The maximum absolute atomic E-state index is 2.47. The Hall–Kier alpha value is -6.10. The Balaban J connectivity index is 1.20. The van der Waals surface area contributed by atoms with Gasteiger partial charge in [0.2, 0.25) is 0 Å². The van der Waals surface area contributed by atoms with Gasteiger partial charge in [-0.1, -0.05) is 97.1 Å². The molecule has 224 valence electrons. The topological polar surface area (TPSA) is 13.1 Å². The standard InChI is InChI=1S/C44H27N3S/c1-2-13-30(14-3-1)47-39-21-9-11-28-25-26-45(42(28)39)38-24-23-37-41(43(38)47)35-17-4-6-20-36(35)46(37)31-15-8-12-29(27-31)32-18-10-19-34-33-16-5-7-22-40(33)48-44(32)34/h1-27H. The molecule has 4 heteroatoms. The maximum atomic E-state index is 2.47. The van der Waals surface area contributed by atoms with Gasteiger partial charge in [0.05, 0.1) is 33.6 Å². The van der Waals surface area contributed by atoms with E-state index in [4.69, 9.17) is 0 Å². The van der Waals surface area contributed by atoms with Crippen LogP contribution in [-0.2, 0) is 0 Å². The van der Waals surface area contributed by atoms with Crippen LogP contribution in [-0.4, -0.2) is 9.13 Å². The lowest BCUT2D eigenvalue weighted by Gasteiger charge is -2.33. The molecule has 0 spiro atoms. The molecule has 10 aromatic rings. The van der Waals surface area contributed by atoms with Crippen molar-refractivity contribution in [2.75, 3.05) is 4.90 Å². The van der Waals surface area contributed by atoms with Gasteiger partial charge >= 0.3 is 0 Å². The van der Waals surface area contributed by atoms with Gasteiger partial charge in [-0.25, -0.2) is 0 Å². The normalized spacial score (nSPS) is 12.5. The quantitative estimate of drug-likeness (QED) is 0.189. The van der Waals surface area contributed by atoms with E-state index in [0.717, 1.165) is 11.4 Å². The van der Waals surface area contributed by atoms with E-state index in [1.165, 1.54) is 81.1 Å². The van der Waals surface area contributed by atoms with Gasteiger partial charge in [-0.05, 0) is 71.8 Å². The summed E-state index contributed by atoms with van der Waals surface area (Å²) in [5.41, 5.74) is 12.0. The number of para-hydroxylation sites is 3. The average molecular weight is 630 g/mol. The molecule has 1 aliphatic rings. The molecule has 0 fully saturated rings. The van der Waals surface area contributed by atoms with Crippen LogP contribution in [0.25, 0.3) is 75.4 Å². The lowest BCUT2D eigenvalue weighted by Crippen LogP contribution is -2.18. The highest BCUT2D eigenvalue weighted by Gasteiger charge is 2.30. The second-order valence-corrected chi connectivity index (χ2v) is 13.6. The second-order valence-electron chi connectivity index (χ2n) is 12.6. The van der Waals surface area contributed by atoms with E-state index in [9.17, 15) is 0 Å². The molecule has 11 rings (SSSR count). The first-order valence-corrected chi connectivity index (χ1v) is 17.2. The minimum atomic E-state index is 1.15. The van der Waals surface area contributed by atoms with Gasteiger partial charge in [0.15, 0.2) is 0 Å². The molecule has 0 aliphatic carbocycles. The van der Waals surface area contributed by atoms with E-state index >= 15 is 0 Å². The molecule has 48 heavy (non-hydrogen) atoms. The van der Waals surface area contributed by atoms with Crippen molar-refractivity contribution in [2.24, 2.45) is 0 Å². The zero-order valence-corrected chi connectivity index (χ0v) is 26.7. The van der Waals surface area contributed by atoms with Crippen molar-refractivity contribution in [3.63, 3.8) is 0 Å². The highest BCUT2D eigenvalue weighted by atomic mass is 32.1. The average Bonchev–Trinajstić information content (AvgIpc) is 3.85. The van der Waals surface area contributed by atoms with Gasteiger partial charge in [-0.15, -0.1) is 11.3 Å². The summed E-state index contributed by atoms with van der Waals surface area (Å²) in [5.74, 6) is 0. The van der Waals surface area contributed by atoms with Crippen LogP contribution >= 0.6 is 11.3 Å². The largest absolute Gasteiger partial charge is 0.313 e. The molecule has 4 heterocycles. The molecule has 0 N–H and O–H groups in total. The number of rotatable bonds is 3. The second kappa shape index (κ2) is 9.71. The van der Waals surface area contributed by atoms with Crippen LogP contribution in [0.1, 0.15) is 0 Å². The predicted molar refractivity (Wildman–Crippen MR) is 204 cm³/mol. The van der Waals surface area contributed by atoms with Crippen molar-refractivity contribution in [3.8, 4) is 22.5 Å². The Morgan fingerprint density at radius 2 is 1.27 bits per heavy atom. The molecule has 0 atom stereocenters. The summed E-state index contributed by atoms with van der Waals surface area (Å²) in [6.45, 7) is 0. The van der Waals surface area contributed by atoms with Gasteiger partial charge in [-0.2, -0.15) is 0 Å². The first-order valence-electron chi connectivity index (χ1n) is 16.4. The summed E-state index contributed by atoms with van der Waals surface area (Å²) in [5, 5.41) is 6.38. The fraction of sp³-hybridized carbons (Fsp3) is 0. The van der Waals surface area contributed by atoms with Gasteiger partial charge in [0.25, 0.3) is 0 Å². The van der Waals surface area contributed by atoms with Crippen molar-refractivity contribution in [3.05, 3.63) is 164 Å². The minimum absolute atomic E-state index is 1.15. The Labute approximate surface area is 280 Å². The summed E-state index contributed by atoms with van der Waals surface area (Å²) in [4.78, 5) is 2.47. The van der Waals surface area contributed by atoms with Gasteiger partial charge in [0, 0.05) is 53.9 Å². The Bertz CT molecular complexity index is 2910. The molecular formula is C44H27N3S. The zero-order valence-electron chi connectivity index (χ0n) is 25.8. The maximum Gasteiger partial charge on any atom is 0.0804 e. The lowest BCUT2D eigenvalue weighted by molar-refractivity contribution is 1.08. The summed E-state index contributed by atoms with van der Waals surface area (Å²) in [7, 11) is 0. The van der Waals surface area contributed by atoms with Gasteiger partial charge in [0.1, 0.15) is 0 Å². The van der Waals surface area contributed by atoms with Crippen molar-refractivity contribution in [1.82, 2.24) is 9.13 Å². The number of hydrogen-bond donors (Lipinski definition) is 0. The molecule has 0 unspecified atom stereocenters. The van der Waals surface area contributed by atoms with Crippen molar-refractivity contribution in [2.45, 2.75) is 0 Å². The number of nitrogens with zero attached hydrogens (tertiary/aromatic N) is 3. The number of thiophene rings is 1. The Kier molecular flexibility index (Phi) is 5.26. The first kappa shape index (κ1) is 26.0. The monoisotopic (exact) mass is 629 g/mol. The molecule has 7 aromatic carbocycles. The summed E-state index contributed by atoms with van der Waals surface area (Å²) in [6, 6.07) is 57.7. The predicted octanol–water partition coefficient (Wildman–Crippen LogP) is 12.5. The number of benzene rings is 7. The minimum Gasteiger partial charge on any atom is -0.313 e. The van der Waals surface area contributed by atoms with Crippen LogP contribution in [0.3, 0.4) is 0 Å². The third kappa shape index (κ3) is 3.47. The van der Waals surface area contributed by atoms with Crippen LogP contribution in [0.5, 0.6) is 0 Å². The van der Waals surface area contributed by atoms with E-state index in [0.29, 0.717) is 0 Å². The molecule has 0 saturated heterocycles. The highest BCUT2D eigenvalue weighted by Crippen LogP contribution is 2.52. The first-order chi connectivity index (χ1) is 23.8. The fourth-order valence-electron chi connectivity index (χ4n) is 8.04. The SMILES string of the molecule is c1ccc(N2c3c(ccc4c3c3ccccc3n4-c3cccc(-c4cccc5c4sc4ccccc45)c3)-n3ccc4cccc2c43)cc1. The molecule has 0 bridgehead atoms. The van der Waals surface area contributed by atoms with Crippen LogP contribution in [0, 0.1) is 0 Å². The molecule has 3 nitrogen and oxygen atoms in total. The van der Waals surface area contributed by atoms with Crippen LogP contribution in [0.15, 0.2) is 164 Å². The molecule has 0 saturated carbocycles. The number of hydrogen-bond acceptors (Lipinski definition) is 2. The number of fused-ring (bicyclic) bond motifs is 9. The third-order valence-corrected chi connectivity index (χ3v) is 11.3. The number of anilines is 3. The van der Waals surface area contributed by atoms with Crippen LogP contribution in [0.2, 0.25) is 0 Å². The summed E-state index contributed by atoms with van der Waals surface area (Å²) >= 11 is 1.88. The van der Waals surface area contributed by atoms with Gasteiger partial charge < -0.3 is 14.0 Å². The third-order valence-electron chi connectivity index (χ3n) is 10.0. The van der Waals surface area contributed by atoms with E-state index in [1.54, 1.807) is 0 Å². The van der Waals surface area contributed by atoms with Crippen molar-refractivity contribution in [1.29, 1.82) is 0 Å². The molecule has 0 amide bonds. The molecule has 0 radical (unpaired) electrons. The van der Waals surface area contributed by atoms with E-state index in [2.05, 4.69) is 178 Å². The van der Waals surface area contributed by atoms with E-state index in [1.807, 2.05) is 11.3 Å². The molecule has 3 aromatic heterocycles. The highest BCUT2D eigenvalue weighted by molar-refractivity contribution is 7.26. The zero-order chi connectivity index (χ0) is 31.3. The van der Waals surface area contributed by atoms with Gasteiger partial charge in [-0.3, -0.25) is 0 Å². The Morgan fingerprint density at radius 1 is 0.500 bits per heavy atom. The van der Waals surface area contributed by atoms with Crippen molar-refractivity contribution < 1.29 is 0 Å². The smallest absolute Gasteiger partial charge is 0.0804 e. The van der Waals surface area contributed by atoms with Crippen molar-refractivity contribution >= 4 is 81.3 Å². The molecule has 1 aliphatic heterocycles. The lowest BCUT2D eigenvalue weighted by atomic mass is 10.0. The molecular weight excluding hydrogens is 603 g/mol. The van der Waals surface area contributed by atoms with E-state index < -0.39 is 0 Å². The number of aromatic nitrogens is 2. The Morgan fingerprint density at radius 3 is 2.21 bits per heavy atom. The summed E-state index contributed by atoms with van der Waals surface area (Å²) < 4.78 is 7.49.